The summed E-state index contributed by atoms with van der Waals surface area (Å²) in [5, 5.41) is 10.7. The zero-order valence-electron chi connectivity index (χ0n) is 20.0. The molecule has 2 heterocycles. The van der Waals surface area contributed by atoms with E-state index in [2.05, 4.69) is 4.98 Å². The first-order valence-corrected chi connectivity index (χ1v) is 13.6. The van der Waals surface area contributed by atoms with Gasteiger partial charge in [0.15, 0.2) is 9.84 Å². The lowest BCUT2D eigenvalue weighted by molar-refractivity contribution is 0.0626. The zero-order valence-corrected chi connectivity index (χ0v) is 20.9. The van der Waals surface area contributed by atoms with Crippen molar-refractivity contribution < 1.29 is 22.7 Å². The van der Waals surface area contributed by atoms with Gasteiger partial charge in [-0.25, -0.2) is 12.8 Å². The minimum absolute atomic E-state index is 0.0719. The SMILES string of the molecule is O=C(c1ccc(CS(=O)(=O)c2cccc3cccnc23)cc1)N1CCN(Cc2c(O)cccc2F)CC1. The molecule has 5 rings (SSSR count). The van der Waals surface area contributed by atoms with Gasteiger partial charge < -0.3 is 10.0 Å². The predicted octanol–water partition coefficient (Wildman–Crippen LogP) is 4.01. The topological polar surface area (TPSA) is 90.8 Å². The van der Waals surface area contributed by atoms with Gasteiger partial charge in [0.05, 0.1) is 16.2 Å². The molecule has 37 heavy (non-hydrogen) atoms. The highest BCUT2D eigenvalue weighted by Crippen LogP contribution is 2.25. The van der Waals surface area contributed by atoms with Crippen molar-refractivity contribution in [2.75, 3.05) is 26.2 Å². The third-order valence-corrected chi connectivity index (χ3v) is 8.34. The number of nitrogens with zero attached hydrogens (tertiary/aromatic N) is 3. The average Bonchev–Trinajstić information content (AvgIpc) is 2.91. The molecule has 1 saturated heterocycles. The molecular weight excluding hydrogens is 493 g/mol. The largest absolute Gasteiger partial charge is 0.508 e. The second-order valence-corrected chi connectivity index (χ2v) is 11.1. The fourth-order valence-corrected chi connectivity index (χ4v) is 6.12. The number of carbonyl (C=O) groups excluding carboxylic acids is 1. The van der Waals surface area contributed by atoms with Crippen molar-refractivity contribution in [3.8, 4) is 5.75 Å². The monoisotopic (exact) mass is 519 g/mol. The van der Waals surface area contributed by atoms with E-state index in [0.717, 1.165) is 5.39 Å². The average molecular weight is 520 g/mol. The number of phenolic OH excluding ortho intramolecular Hbond substituents is 1. The maximum absolute atomic E-state index is 14.0. The summed E-state index contributed by atoms with van der Waals surface area (Å²) in [6, 6.07) is 19.6. The first-order valence-electron chi connectivity index (χ1n) is 12.0. The van der Waals surface area contributed by atoms with Crippen LogP contribution in [-0.4, -0.2) is 60.4 Å². The van der Waals surface area contributed by atoms with Crippen molar-refractivity contribution in [2.24, 2.45) is 0 Å². The van der Waals surface area contributed by atoms with Crippen LogP contribution in [0.3, 0.4) is 0 Å². The summed E-state index contributed by atoms with van der Waals surface area (Å²) in [5.74, 6) is -0.852. The Bertz CT molecular complexity index is 1520. The summed E-state index contributed by atoms with van der Waals surface area (Å²) in [6.07, 6.45) is 1.57. The van der Waals surface area contributed by atoms with Crippen LogP contribution in [0.5, 0.6) is 5.75 Å². The first-order chi connectivity index (χ1) is 17.8. The Kier molecular flexibility index (Phi) is 6.90. The van der Waals surface area contributed by atoms with Gasteiger partial charge in [0.2, 0.25) is 0 Å². The van der Waals surface area contributed by atoms with Crippen LogP contribution < -0.4 is 0 Å². The highest BCUT2D eigenvalue weighted by atomic mass is 32.2. The van der Waals surface area contributed by atoms with Crippen molar-refractivity contribution in [2.45, 2.75) is 17.2 Å². The fourth-order valence-electron chi connectivity index (χ4n) is 4.59. The summed E-state index contributed by atoms with van der Waals surface area (Å²) >= 11 is 0. The van der Waals surface area contributed by atoms with E-state index >= 15 is 0 Å². The summed E-state index contributed by atoms with van der Waals surface area (Å²) < 4.78 is 40.3. The molecule has 1 aromatic heterocycles. The number of hydrogen-bond donors (Lipinski definition) is 1. The Balaban J connectivity index is 1.22. The number of sulfone groups is 1. The molecule has 1 fully saturated rings. The minimum Gasteiger partial charge on any atom is -0.508 e. The van der Waals surface area contributed by atoms with Crippen LogP contribution in [0.15, 0.2) is 83.9 Å². The van der Waals surface area contributed by atoms with Crippen molar-refractivity contribution >= 4 is 26.6 Å². The van der Waals surface area contributed by atoms with Crippen LogP contribution in [0.25, 0.3) is 10.9 Å². The van der Waals surface area contributed by atoms with Crippen LogP contribution in [0.1, 0.15) is 21.5 Å². The Hall–Kier alpha value is -3.82. The summed E-state index contributed by atoms with van der Waals surface area (Å²) in [6.45, 7) is 2.32. The molecule has 1 aliphatic heterocycles. The standard InChI is InChI=1S/C28H26FN3O4S/c29-24-6-2-7-25(33)23(24)18-31-14-16-32(17-15-31)28(34)22-11-9-20(10-12-22)19-37(35,36)26-8-1-4-21-5-3-13-30-27(21)26/h1-13,33H,14-19H2. The number of benzene rings is 3. The van der Waals surface area contributed by atoms with Gasteiger partial charge in [0, 0.05) is 55.4 Å². The molecule has 1 N–H and O–H groups in total. The molecule has 0 bridgehead atoms. The number of aromatic hydroxyl groups is 1. The van der Waals surface area contributed by atoms with Crippen molar-refractivity contribution in [3.05, 3.63) is 102 Å². The quantitative estimate of drug-likeness (QED) is 0.414. The number of pyridine rings is 1. The van der Waals surface area contributed by atoms with Crippen molar-refractivity contribution in [1.82, 2.24) is 14.8 Å². The number of amides is 1. The van der Waals surface area contributed by atoms with Crippen molar-refractivity contribution in [1.29, 1.82) is 0 Å². The number of phenols is 1. The van der Waals surface area contributed by atoms with Crippen LogP contribution in [0, 0.1) is 5.82 Å². The number of para-hydroxylation sites is 1. The molecule has 0 unspecified atom stereocenters. The van der Waals surface area contributed by atoms with Gasteiger partial charge in [-0.2, -0.15) is 0 Å². The molecule has 190 valence electrons. The maximum atomic E-state index is 14.0. The molecule has 1 amide bonds. The summed E-state index contributed by atoms with van der Waals surface area (Å²) in [5.41, 5.74) is 1.76. The Morgan fingerprint density at radius 3 is 2.35 bits per heavy atom. The minimum atomic E-state index is -3.64. The molecule has 0 aliphatic carbocycles. The third-order valence-electron chi connectivity index (χ3n) is 6.62. The number of rotatable bonds is 6. The molecule has 0 radical (unpaired) electrons. The number of fused-ring (bicyclic) bond motifs is 1. The van der Waals surface area contributed by atoms with Crippen LogP contribution in [-0.2, 0) is 22.1 Å². The predicted molar refractivity (Wildman–Crippen MR) is 138 cm³/mol. The van der Waals surface area contributed by atoms with Gasteiger partial charge in [-0.15, -0.1) is 0 Å². The maximum Gasteiger partial charge on any atom is 0.253 e. The van der Waals surface area contributed by atoms with E-state index < -0.39 is 15.7 Å². The molecule has 0 spiro atoms. The molecule has 4 aromatic rings. The molecule has 0 saturated carbocycles. The van der Waals surface area contributed by atoms with E-state index in [-0.39, 0.29) is 34.4 Å². The Labute approximate surface area is 214 Å². The lowest BCUT2D eigenvalue weighted by atomic mass is 10.1. The summed E-state index contributed by atoms with van der Waals surface area (Å²) in [7, 11) is -3.64. The van der Waals surface area contributed by atoms with Gasteiger partial charge >= 0.3 is 0 Å². The highest BCUT2D eigenvalue weighted by Gasteiger charge is 2.24. The van der Waals surface area contributed by atoms with E-state index in [1.54, 1.807) is 53.6 Å². The fraction of sp³-hybridized carbons (Fsp3) is 0.214. The van der Waals surface area contributed by atoms with Gasteiger partial charge in [-0.1, -0.05) is 36.4 Å². The van der Waals surface area contributed by atoms with Gasteiger partial charge in [-0.3, -0.25) is 14.7 Å². The first kappa shape index (κ1) is 24.9. The van der Waals surface area contributed by atoms with E-state index in [4.69, 9.17) is 0 Å². The number of carbonyl (C=O) groups is 1. The lowest BCUT2D eigenvalue weighted by Gasteiger charge is -2.35. The van der Waals surface area contributed by atoms with Gasteiger partial charge in [-0.05, 0) is 42.0 Å². The van der Waals surface area contributed by atoms with Crippen molar-refractivity contribution in [3.63, 3.8) is 0 Å². The van der Waals surface area contributed by atoms with Crippen LogP contribution in [0.4, 0.5) is 4.39 Å². The van der Waals surface area contributed by atoms with E-state index in [0.29, 0.717) is 42.8 Å². The molecule has 9 heteroatoms. The highest BCUT2D eigenvalue weighted by molar-refractivity contribution is 7.90. The number of piperazine rings is 1. The van der Waals surface area contributed by atoms with E-state index in [9.17, 15) is 22.7 Å². The molecule has 1 aliphatic rings. The van der Waals surface area contributed by atoms with E-state index in [1.807, 2.05) is 17.0 Å². The van der Waals surface area contributed by atoms with Gasteiger partial charge in [0.25, 0.3) is 5.91 Å². The lowest BCUT2D eigenvalue weighted by Crippen LogP contribution is -2.48. The summed E-state index contributed by atoms with van der Waals surface area (Å²) in [4.78, 5) is 21.2. The Morgan fingerprint density at radius 1 is 0.919 bits per heavy atom. The number of aromatic nitrogens is 1. The molecule has 0 atom stereocenters. The third kappa shape index (κ3) is 5.33. The molecular formula is C28H26FN3O4S. The number of hydrogen-bond acceptors (Lipinski definition) is 6. The van der Waals surface area contributed by atoms with E-state index in [1.165, 1.54) is 18.2 Å². The second-order valence-electron chi connectivity index (χ2n) is 9.09. The zero-order chi connectivity index (χ0) is 26.0. The molecule has 3 aromatic carbocycles. The number of halogens is 1. The van der Waals surface area contributed by atoms with Crippen LogP contribution in [0.2, 0.25) is 0 Å². The molecule has 7 nitrogen and oxygen atoms in total. The normalized spacial score (nSPS) is 14.7. The van der Waals surface area contributed by atoms with Gasteiger partial charge in [0.1, 0.15) is 11.6 Å². The van der Waals surface area contributed by atoms with Crippen LogP contribution >= 0.6 is 0 Å². The smallest absolute Gasteiger partial charge is 0.253 e. The Morgan fingerprint density at radius 2 is 1.62 bits per heavy atom. The second kappa shape index (κ2) is 10.3.